The minimum Gasteiger partial charge on any atom is -0.506 e. The lowest BCUT2D eigenvalue weighted by Gasteiger charge is -2.20. The van der Waals surface area contributed by atoms with E-state index in [0.29, 0.717) is 17.8 Å². The lowest BCUT2D eigenvalue weighted by Crippen LogP contribution is -2.15. The quantitative estimate of drug-likeness (QED) is 0.694. The number of amides is 1. The smallest absolute Gasteiger partial charge is 0.255 e. The third-order valence-corrected chi connectivity index (χ3v) is 4.22. The van der Waals surface area contributed by atoms with Crippen molar-refractivity contribution >= 4 is 11.6 Å². The summed E-state index contributed by atoms with van der Waals surface area (Å²) in [6.07, 6.45) is 5.34. The molecule has 0 atom stereocenters. The highest BCUT2D eigenvalue weighted by molar-refractivity contribution is 6.05. The van der Waals surface area contributed by atoms with Crippen LogP contribution in [0.1, 0.15) is 42.3 Å². The molecule has 0 saturated carbocycles. The van der Waals surface area contributed by atoms with Crippen LogP contribution in [0.5, 0.6) is 5.75 Å². The molecule has 3 aromatic rings. The number of hydrogen-bond donors (Lipinski definition) is 2. The summed E-state index contributed by atoms with van der Waals surface area (Å²) in [5, 5.41) is 12.9. The van der Waals surface area contributed by atoms with E-state index >= 15 is 0 Å². The van der Waals surface area contributed by atoms with E-state index < -0.39 is 0 Å². The molecular weight excluding hydrogens is 326 g/mol. The van der Waals surface area contributed by atoms with Crippen molar-refractivity contribution in [2.75, 3.05) is 5.32 Å². The van der Waals surface area contributed by atoms with Crippen LogP contribution in [-0.2, 0) is 12.0 Å². The van der Waals surface area contributed by atoms with Gasteiger partial charge in [0.2, 0.25) is 0 Å². The largest absolute Gasteiger partial charge is 0.506 e. The van der Waals surface area contributed by atoms with Crippen LogP contribution in [0.25, 0.3) is 0 Å². The first-order valence-corrected chi connectivity index (χ1v) is 8.52. The van der Waals surface area contributed by atoms with Gasteiger partial charge in [0.15, 0.2) is 0 Å². The van der Waals surface area contributed by atoms with Gasteiger partial charge in [-0.15, -0.1) is 0 Å². The number of phenols is 1. The SMILES string of the molecule is CC(C)(C)c1ccc(O)c(NC(=O)c2cccc(Cn3ccnc3)c2)c1. The summed E-state index contributed by atoms with van der Waals surface area (Å²) in [5.74, 6) is -0.195. The van der Waals surface area contributed by atoms with E-state index in [1.54, 1.807) is 24.7 Å². The Morgan fingerprint density at radius 3 is 2.69 bits per heavy atom. The molecule has 2 N–H and O–H groups in total. The monoisotopic (exact) mass is 349 g/mol. The minimum atomic E-state index is -0.251. The zero-order valence-corrected chi connectivity index (χ0v) is 15.2. The van der Waals surface area contributed by atoms with Crippen molar-refractivity contribution in [3.05, 3.63) is 77.9 Å². The Balaban J connectivity index is 1.80. The molecule has 0 fully saturated rings. The van der Waals surface area contributed by atoms with Gasteiger partial charge in [-0.3, -0.25) is 4.79 Å². The summed E-state index contributed by atoms with van der Waals surface area (Å²) in [7, 11) is 0. The van der Waals surface area contributed by atoms with E-state index in [1.807, 2.05) is 41.1 Å². The Morgan fingerprint density at radius 2 is 2.00 bits per heavy atom. The molecule has 0 aliphatic rings. The second-order valence-corrected chi connectivity index (χ2v) is 7.37. The molecule has 0 aliphatic carbocycles. The van der Waals surface area contributed by atoms with E-state index in [1.165, 1.54) is 0 Å². The predicted octanol–water partition coefficient (Wildman–Crippen LogP) is 4.19. The summed E-state index contributed by atoms with van der Waals surface area (Å²) in [5.41, 5.74) is 2.94. The number of rotatable bonds is 4. The first-order chi connectivity index (χ1) is 12.3. The van der Waals surface area contributed by atoms with Crippen molar-refractivity contribution < 1.29 is 9.90 Å². The Bertz CT molecular complexity index is 909. The molecule has 26 heavy (non-hydrogen) atoms. The summed E-state index contributed by atoms with van der Waals surface area (Å²) >= 11 is 0. The van der Waals surface area contributed by atoms with Gasteiger partial charge in [-0.05, 0) is 40.8 Å². The molecule has 1 amide bonds. The Hall–Kier alpha value is -3.08. The van der Waals surface area contributed by atoms with Crippen molar-refractivity contribution in [1.82, 2.24) is 9.55 Å². The average molecular weight is 349 g/mol. The van der Waals surface area contributed by atoms with Crippen LogP contribution >= 0.6 is 0 Å². The molecule has 3 rings (SSSR count). The fraction of sp³-hybridized carbons (Fsp3) is 0.238. The van der Waals surface area contributed by atoms with Crippen LogP contribution in [0.15, 0.2) is 61.2 Å². The van der Waals surface area contributed by atoms with Crippen LogP contribution in [0, 0.1) is 0 Å². The Labute approximate surface area is 153 Å². The molecule has 0 saturated heterocycles. The molecule has 0 radical (unpaired) electrons. The maximum atomic E-state index is 12.6. The number of carbonyl (C=O) groups excluding carboxylic acids is 1. The highest BCUT2D eigenvalue weighted by atomic mass is 16.3. The lowest BCUT2D eigenvalue weighted by atomic mass is 9.87. The van der Waals surface area contributed by atoms with E-state index in [2.05, 4.69) is 31.1 Å². The highest BCUT2D eigenvalue weighted by Gasteiger charge is 2.17. The fourth-order valence-electron chi connectivity index (χ4n) is 2.70. The van der Waals surface area contributed by atoms with Crippen LogP contribution in [0.4, 0.5) is 5.69 Å². The topological polar surface area (TPSA) is 67.2 Å². The normalized spacial score (nSPS) is 11.3. The van der Waals surface area contributed by atoms with Crippen LogP contribution in [-0.4, -0.2) is 20.6 Å². The number of imidazole rings is 1. The van der Waals surface area contributed by atoms with Gasteiger partial charge in [0.05, 0.1) is 12.0 Å². The standard InChI is InChI=1S/C21H23N3O2/c1-21(2,3)17-7-8-19(25)18(12-17)23-20(26)16-6-4-5-15(11-16)13-24-10-9-22-14-24/h4-12,14,25H,13H2,1-3H3,(H,23,26). The molecule has 0 aliphatic heterocycles. The van der Waals surface area contributed by atoms with Crippen LogP contribution < -0.4 is 5.32 Å². The van der Waals surface area contributed by atoms with Gasteiger partial charge in [0.25, 0.3) is 5.91 Å². The van der Waals surface area contributed by atoms with Crippen molar-refractivity contribution in [1.29, 1.82) is 0 Å². The van der Waals surface area contributed by atoms with Gasteiger partial charge in [0, 0.05) is 24.5 Å². The highest BCUT2D eigenvalue weighted by Crippen LogP contribution is 2.31. The number of aromatic hydroxyl groups is 1. The van der Waals surface area contributed by atoms with E-state index in [0.717, 1.165) is 11.1 Å². The molecule has 2 aromatic carbocycles. The van der Waals surface area contributed by atoms with Gasteiger partial charge in [0.1, 0.15) is 5.75 Å². The van der Waals surface area contributed by atoms with E-state index in [-0.39, 0.29) is 17.1 Å². The molecule has 134 valence electrons. The Morgan fingerprint density at radius 1 is 1.19 bits per heavy atom. The fourth-order valence-corrected chi connectivity index (χ4v) is 2.70. The van der Waals surface area contributed by atoms with Gasteiger partial charge in [-0.2, -0.15) is 0 Å². The summed E-state index contributed by atoms with van der Waals surface area (Å²) < 4.78 is 1.94. The van der Waals surface area contributed by atoms with Gasteiger partial charge < -0.3 is 15.0 Å². The van der Waals surface area contributed by atoms with E-state index in [9.17, 15) is 9.90 Å². The van der Waals surface area contributed by atoms with Crippen molar-refractivity contribution in [2.24, 2.45) is 0 Å². The van der Waals surface area contributed by atoms with Crippen LogP contribution in [0.2, 0.25) is 0 Å². The number of phenolic OH excluding ortho intramolecular Hbond substituents is 1. The number of nitrogens with one attached hydrogen (secondary N) is 1. The molecule has 5 nitrogen and oxygen atoms in total. The molecule has 0 spiro atoms. The number of benzene rings is 2. The number of aromatic nitrogens is 2. The van der Waals surface area contributed by atoms with Crippen molar-refractivity contribution in [3.63, 3.8) is 0 Å². The molecule has 5 heteroatoms. The zero-order chi connectivity index (χ0) is 18.7. The second kappa shape index (κ2) is 7.04. The predicted molar refractivity (Wildman–Crippen MR) is 103 cm³/mol. The third-order valence-electron chi connectivity index (χ3n) is 4.22. The third kappa shape index (κ3) is 4.11. The number of hydrogen-bond acceptors (Lipinski definition) is 3. The average Bonchev–Trinajstić information content (AvgIpc) is 3.09. The molecular formula is C21H23N3O2. The summed E-state index contributed by atoms with van der Waals surface area (Å²) in [6, 6.07) is 12.7. The van der Waals surface area contributed by atoms with Gasteiger partial charge in [-0.1, -0.05) is 39.0 Å². The summed E-state index contributed by atoms with van der Waals surface area (Å²) in [6.45, 7) is 6.91. The first kappa shape index (κ1) is 17.7. The Kier molecular flexibility index (Phi) is 4.80. The second-order valence-electron chi connectivity index (χ2n) is 7.37. The maximum Gasteiger partial charge on any atom is 0.255 e. The lowest BCUT2D eigenvalue weighted by molar-refractivity contribution is 0.102. The van der Waals surface area contributed by atoms with Crippen LogP contribution in [0.3, 0.4) is 0 Å². The van der Waals surface area contributed by atoms with Crippen molar-refractivity contribution in [2.45, 2.75) is 32.7 Å². The molecule has 1 heterocycles. The van der Waals surface area contributed by atoms with Crippen molar-refractivity contribution in [3.8, 4) is 5.75 Å². The van der Waals surface area contributed by atoms with E-state index in [4.69, 9.17) is 0 Å². The summed E-state index contributed by atoms with van der Waals surface area (Å²) in [4.78, 5) is 16.7. The minimum absolute atomic E-state index is 0.0564. The van der Waals surface area contributed by atoms with Gasteiger partial charge in [-0.25, -0.2) is 4.98 Å². The number of nitrogens with zero attached hydrogens (tertiary/aromatic N) is 2. The molecule has 1 aromatic heterocycles. The molecule has 0 unspecified atom stereocenters. The van der Waals surface area contributed by atoms with Gasteiger partial charge >= 0.3 is 0 Å². The first-order valence-electron chi connectivity index (χ1n) is 8.52. The molecule has 0 bridgehead atoms. The maximum absolute atomic E-state index is 12.6. The number of anilines is 1. The zero-order valence-electron chi connectivity index (χ0n) is 15.2. The number of carbonyl (C=O) groups is 1.